The van der Waals surface area contributed by atoms with Crippen molar-refractivity contribution in [3.63, 3.8) is 0 Å². The topological polar surface area (TPSA) is 51.2 Å². The maximum atomic E-state index is 12.6. The molecule has 3 aromatic carbocycles. The summed E-state index contributed by atoms with van der Waals surface area (Å²) in [5.74, 6) is 0.0384. The maximum absolute atomic E-state index is 12.6. The minimum Gasteiger partial charge on any atom is -0.480 e. The second-order valence-corrected chi connectivity index (χ2v) is 7.58. The summed E-state index contributed by atoms with van der Waals surface area (Å²) in [5, 5.41) is 4.43. The van der Waals surface area contributed by atoms with Crippen molar-refractivity contribution in [1.29, 1.82) is 0 Å². The molecule has 0 aliphatic heterocycles. The van der Waals surface area contributed by atoms with Gasteiger partial charge in [0.1, 0.15) is 5.52 Å². The van der Waals surface area contributed by atoms with Gasteiger partial charge < -0.3 is 10.1 Å². The van der Waals surface area contributed by atoms with E-state index < -0.39 is 0 Å². The molecule has 0 fully saturated rings. The van der Waals surface area contributed by atoms with Crippen LogP contribution in [-0.2, 0) is 4.79 Å². The molecule has 1 N–H and O–H groups in total. The Hall–Kier alpha value is -3.08. The molecule has 4 nitrogen and oxygen atoms in total. The molecule has 0 aliphatic carbocycles. The van der Waals surface area contributed by atoms with Crippen LogP contribution in [0.2, 0.25) is 10.0 Å². The van der Waals surface area contributed by atoms with E-state index in [4.69, 9.17) is 27.9 Å². The Kier molecular flexibility index (Phi) is 5.88. The lowest BCUT2D eigenvalue weighted by Gasteiger charge is -2.14. The highest BCUT2D eigenvalue weighted by Gasteiger charge is 2.15. The summed E-state index contributed by atoms with van der Waals surface area (Å²) in [6.45, 7) is 1.65. The smallest absolute Gasteiger partial charge is 0.262 e. The van der Waals surface area contributed by atoms with E-state index in [2.05, 4.69) is 10.3 Å². The van der Waals surface area contributed by atoms with Crippen molar-refractivity contribution in [3.05, 3.63) is 88.5 Å². The Morgan fingerprint density at radius 1 is 0.967 bits per heavy atom. The number of fused-ring (bicyclic) bond motifs is 1. The predicted octanol–water partition coefficient (Wildman–Crippen LogP) is 6.53. The summed E-state index contributed by atoms with van der Waals surface area (Å²) < 4.78 is 5.77. The van der Waals surface area contributed by atoms with Gasteiger partial charge in [-0.05, 0) is 36.8 Å². The van der Waals surface area contributed by atoms with E-state index in [1.165, 1.54) is 0 Å². The molecule has 0 atom stereocenters. The van der Waals surface area contributed by atoms with Crippen LogP contribution in [-0.4, -0.2) is 17.5 Å². The van der Waals surface area contributed by atoms with Crippen LogP contribution in [0.5, 0.6) is 5.75 Å². The number of hydrogen-bond acceptors (Lipinski definition) is 3. The number of rotatable bonds is 5. The van der Waals surface area contributed by atoms with E-state index in [1.54, 1.807) is 6.07 Å². The van der Waals surface area contributed by atoms with Gasteiger partial charge in [-0.2, -0.15) is 0 Å². The summed E-state index contributed by atoms with van der Waals surface area (Å²) in [6.07, 6.45) is 0. The van der Waals surface area contributed by atoms with Crippen molar-refractivity contribution in [3.8, 4) is 16.9 Å². The summed E-state index contributed by atoms with van der Waals surface area (Å²) in [5.41, 5.74) is 3.98. The minimum absolute atomic E-state index is 0.213. The van der Waals surface area contributed by atoms with Crippen molar-refractivity contribution in [2.75, 3.05) is 11.9 Å². The highest BCUT2D eigenvalue weighted by atomic mass is 35.5. The lowest BCUT2D eigenvalue weighted by molar-refractivity contribution is -0.118. The third-order valence-corrected chi connectivity index (χ3v) is 5.20. The molecular weight excluding hydrogens is 419 g/mol. The minimum atomic E-state index is -0.301. The average molecular weight is 437 g/mol. The molecule has 4 rings (SSSR count). The van der Waals surface area contributed by atoms with Gasteiger partial charge in [0, 0.05) is 22.3 Å². The van der Waals surface area contributed by atoms with Crippen molar-refractivity contribution in [2.45, 2.75) is 6.92 Å². The number of aryl methyl sites for hydroxylation is 1. The number of para-hydroxylation sites is 1. The number of ether oxygens (including phenoxy) is 1. The van der Waals surface area contributed by atoms with Gasteiger partial charge in [-0.15, -0.1) is 0 Å². The fraction of sp³-hybridized carbons (Fsp3) is 0.0833. The van der Waals surface area contributed by atoms with E-state index in [0.29, 0.717) is 27.0 Å². The monoisotopic (exact) mass is 436 g/mol. The quantitative estimate of drug-likeness (QED) is 0.386. The lowest BCUT2D eigenvalue weighted by Crippen LogP contribution is -2.20. The summed E-state index contributed by atoms with van der Waals surface area (Å²) in [4.78, 5) is 17.1. The molecule has 1 heterocycles. The van der Waals surface area contributed by atoms with Gasteiger partial charge in [0.2, 0.25) is 0 Å². The number of nitrogens with zero attached hydrogens (tertiary/aromatic N) is 1. The Morgan fingerprint density at radius 3 is 2.50 bits per heavy atom. The van der Waals surface area contributed by atoms with Gasteiger partial charge in [0.25, 0.3) is 5.91 Å². The summed E-state index contributed by atoms with van der Waals surface area (Å²) in [7, 11) is 0. The number of hydrogen-bond donors (Lipinski definition) is 1. The van der Waals surface area contributed by atoms with E-state index >= 15 is 0 Å². The van der Waals surface area contributed by atoms with Crippen LogP contribution in [0.1, 0.15) is 5.69 Å². The first-order valence-electron chi connectivity index (χ1n) is 9.35. The normalized spacial score (nSPS) is 10.8. The zero-order valence-electron chi connectivity index (χ0n) is 16.2. The van der Waals surface area contributed by atoms with E-state index in [1.807, 2.05) is 73.7 Å². The van der Waals surface area contributed by atoms with Crippen molar-refractivity contribution < 1.29 is 9.53 Å². The third kappa shape index (κ3) is 4.25. The number of carbonyl (C=O) groups excluding carboxylic acids is 1. The summed E-state index contributed by atoms with van der Waals surface area (Å²) in [6, 6.07) is 22.8. The Balaban J connectivity index is 1.56. The van der Waals surface area contributed by atoms with Crippen molar-refractivity contribution >= 4 is 45.7 Å². The number of anilines is 1. The highest BCUT2D eigenvalue weighted by Crippen LogP contribution is 2.37. The van der Waals surface area contributed by atoms with Crippen LogP contribution >= 0.6 is 23.2 Å². The van der Waals surface area contributed by atoms with Crippen LogP contribution in [0.25, 0.3) is 22.0 Å². The van der Waals surface area contributed by atoms with Crippen LogP contribution in [0.4, 0.5) is 5.69 Å². The first kappa shape index (κ1) is 20.2. The fourth-order valence-corrected chi connectivity index (χ4v) is 3.78. The zero-order chi connectivity index (χ0) is 21.1. The molecule has 30 heavy (non-hydrogen) atoms. The Morgan fingerprint density at radius 2 is 1.70 bits per heavy atom. The lowest BCUT2D eigenvalue weighted by atomic mass is 10.0. The molecule has 0 spiro atoms. The van der Waals surface area contributed by atoms with Gasteiger partial charge in [-0.25, -0.2) is 4.98 Å². The fourth-order valence-electron chi connectivity index (χ4n) is 3.21. The van der Waals surface area contributed by atoms with Crippen molar-refractivity contribution in [2.24, 2.45) is 0 Å². The van der Waals surface area contributed by atoms with Gasteiger partial charge in [0.05, 0.1) is 10.0 Å². The zero-order valence-corrected chi connectivity index (χ0v) is 17.7. The largest absolute Gasteiger partial charge is 0.480 e. The second-order valence-electron chi connectivity index (χ2n) is 6.77. The molecule has 4 aromatic rings. The number of halogens is 2. The van der Waals surface area contributed by atoms with Gasteiger partial charge in [-0.1, -0.05) is 71.7 Å². The van der Waals surface area contributed by atoms with Crippen LogP contribution < -0.4 is 10.1 Å². The molecule has 0 unspecified atom stereocenters. The van der Waals surface area contributed by atoms with Gasteiger partial charge in [0.15, 0.2) is 12.4 Å². The first-order valence-corrected chi connectivity index (χ1v) is 10.1. The average Bonchev–Trinajstić information content (AvgIpc) is 2.74. The SMILES string of the molecule is Cc1ccc2c(Cl)cc(Cl)c(OCC(=O)Nc3ccccc3-c3ccccc3)c2n1. The van der Waals surface area contributed by atoms with Gasteiger partial charge in [-0.3, -0.25) is 4.79 Å². The van der Waals surface area contributed by atoms with Crippen LogP contribution in [0.3, 0.4) is 0 Å². The number of amides is 1. The number of benzene rings is 3. The number of aromatic nitrogens is 1. The number of pyridine rings is 1. The first-order chi connectivity index (χ1) is 14.5. The van der Waals surface area contributed by atoms with Gasteiger partial charge >= 0.3 is 0 Å². The number of nitrogens with one attached hydrogen (secondary N) is 1. The molecule has 0 aliphatic rings. The molecule has 1 amide bonds. The standard InChI is InChI=1S/C24H18Cl2N2O2/c1-15-11-12-18-19(25)13-20(26)24(23(18)27-15)30-14-22(29)28-21-10-6-5-9-17(21)16-7-3-2-4-8-16/h2-13H,14H2,1H3,(H,28,29). The molecule has 1 aromatic heterocycles. The molecular formula is C24H18Cl2N2O2. The molecule has 0 radical (unpaired) electrons. The summed E-state index contributed by atoms with van der Waals surface area (Å²) >= 11 is 12.6. The van der Waals surface area contributed by atoms with Crippen LogP contribution in [0.15, 0.2) is 72.8 Å². The third-order valence-electron chi connectivity index (χ3n) is 4.61. The number of carbonyl (C=O) groups is 1. The highest BCUT2D eigenvalue weighted by molar-refractivity contribution is 6.39. The van der Waals surface area contributed by atoms with E-state index in [-0.39, 0.29) is 12.5 Å². The molecule has 150 valence electrons. The Labute approximate surface area is 184 Å². The van der Waals surface area contributed by atoms with Crippen molar-refractivity contribution in [1.82, 2.24) is 4.98 Å². The Bertz CT molecular complexity index is 1230. The molecule has 0 saturated heterocycles. The van der Waals surface area contributed by atoms with E-state index in [9.17, 15) is 4.79 Å². The predicted molar refractivity (Wildman–Crippen MR) is 123 cm³/mol. The molecule has 0 bridgehead atoms. The molecule has 0 saturated carbocycles. The van der Waals surface area contributed by atoms with Crippen LogP contribution in [0, 0.1) is 6.92 Å². The maximum Gasteiger partial charge on any atom is 0.262 e. The second kappa shape index (κ2) is 8.74. The van der Waals surface area contributed by atoms with E-state index in [0.717, 1.165) is 22.2 Å². The molecule has 6 heteroatoms.